The number of halogens is 1. The van der Waals surface area contributed by atoms with Gasteiger partial charge in [0.25, 0.3) is 0 Å². The summed E-state index contributed by atoms with van der Waals surface area (Å²) in [6.45, 7) is 2.53. The smallest absolute Gasteiger partial charge is 0.156 e. The second-order valence-electron chi connectivity index (χ2n) is 1.03. The molecule has 0 radical (unpaired) electrons. The Labute approximate surface area is 62.6 Å². The molecule has 0 atom stereocenters. The molecule has 3 heteroatoms. The van der Waals surface area contributed by atoms with E-state index >= 15 is 0 Å². The van der Waals surface area contributed by atoms with Gasteiger partial charge in [0, 0.05) is 11.4 Å². The summed E-state index contributed by atoms with van der Waals surface area (Å²) in [6.07, 6.45) is 0. The highest BCUT2D eigenvalue weighted by molar-refractivity contribution is 14.1. The number of hydrogen-bond donors (Lipinski definition) is 0. The first kappa shape index (κ1) is 7.62. The predicted octanol–water partition coefficient (Wildman–Crippen LogP) is 1.79. The van der Waals surface area contributed by atoms with Crippen LogP contribution in [-0.2, 0) is 4.74 Å². The highest BCUT2D eigenvalue weighted by atomic mass is 127. The Morgan fingerprint density at radius 2 is 2.43 bits per heavy atom. The van der Waals surface area contributed by atoms with Gasteiger partial charge in [0.15, 0.2) is 5.05 Å². The van der Waals surface area contributed by atoms with Gasteiger partial charge in [0.1, 0.15) is 0 Å². The Morgan fingerprint density at radius 1 is 1.86 bits per heavy atom. The third-order valence-electron chi connectivity index (χ3n) is 0.382. The first-order valence-corrected chi connectivity index (χ1v) is 3.90. The monoisotopic (exact) mass is 230 g/mol. The highest BCUT2D eigenvalue weighted by Gasteiger charge is 1.81. The summed E-state index contributed by atoms with van der Waals surface area (Å²) in [5.41, 5.74) is 0. The Bertz CT molecular complexity index is 64.7. The number of rotatable bonds is 2. The lowest BCUT2D eigenvalue weighted by molar-refractivity contribution is 0.340. The maximum absolute atomic E-state index is 4.91. The van der Waals surface area contributed by atoms with Crippen molar-refractivity contribution in [3.05, 3.63) is 0 Å². The van der Waals surface area contributed by atoms with Gasteiger partial charge in [0.05, 0.1) is 6.61 Å². The van der Waals surface area contributed by atoms with Crippen LogP contribution in [-0.4, -0.2) is 16.1 Å². The Kier molecular flexibility index (Phi) is 5.19. The molecule has 0 aromatic rings. The van der Waals surface area contributed by atoms with E-state index in [-0.39, 0.29) is 0 Å². The van der Waals surface area contributed by atoms with Crippen LogP contribution in [0.25, 0.3) is 0 Å². The zero-order chi connectivity index (χ0) is 5.70. The van der Waals surface area contributed by atoms with Crippen molar-refractivity contribution in [1.82, 2.24) is 0 Å². The maximum atomic E-state index is 4.91. The number of alkyl halides is 1. The van der Waals surface area contributed by atoms with E-state index in [2.05, 4.69) is 34.8 Å². The molecule has 0 saturated carbocycles. The molecular weight excluding hydrogens is 223 g/mol. The van der Waals surface area contributed by atoms with Crippen molar-refractivity contribution in [2.24, 2.45) is 0 Å². The third-order valence-corrected chi connectivity index (χ3v) is 0.941. The molecule has 0 bridgehead atoms. The zero-order valence-corrected chi connectivity index (χ0v) is 7.08. The van der Waals surface area contributed by atoms with Gasteiger partial charge in [-0.15, -0.1) is 0 Å². The number of hydrogen-bond acceptors (Lipinski definition) is 2. The molecule has 42 valence electrons. The van der Waals surface area contributed by atoms with Gasteiger partial charge in [-0.25, -0.2) is 0 Å². The molecule has 0 aliphatic carbocycles. The quantitative estimate of drug-likeness (QED) is 0.406. The summed E-state index contributed by atoms with van der Waals surface area (Å²) in [5, 5.41) is 0.636. The third kappa shape index (κ3) is 6.62. The number of thiocarbonyl (C=S) groups is 1. The van der Waals surface area contributed by atoms with Crippen molar-refractivity contribution in [2.75, 3.05) is 11.0 Å². The predicted molar refractivity (Wildman–Crippen MR) is 43.1 cm³/mol. The molecule has 0 aromatic heterocycles. The summed E-state index contributed by atoms with van der Waals surface area (Å²) in [7, 11) is 0. The van der Waals surface area contributed by atoms with Crippen molar-refractivity contribution in [2.45, 2.75) is 6.92 Å². The van der Waals surface area contributed by atoms with Crippen molar-refractivity contribution < 1.29 is 4.74 Å². The van der Waals surface area contributed by atoms with Crippen LogP contribution in [0.5, 0.6) is 0 Å². The fraction of sp³-hybridized carbons (Fsp3) is 0.750. The minimum atomic E-state index is 0.636. The van der Waals surface area contributed by atoms with Gasteiger partial charge >= 0.3 is 0 Å². The molecule has 0 aliphatic heterocycles. The van der Waals surface area contributed by atoms with E-state index in [1.807, 2.05) is 0 Å². The minimum absolute atomic E-state index is 0.636. The van der Waals surface area contributed by atoms with Crippen molar-refractivity contribution in [1.29, 1.82) is 0 Å². The minimum Gasteiger partial charge on any atom is -0.487 e. The zero-order valence-electron chi connectivity index (χ0n) is 4.11. The van der Waals surface area contributed by atoms with Crippen molar-refractivity contribution in [3.63, 3.8) is 0 Å². The molecule has 0 amide bonds. The van der Waals surface area contributed by atoms with Gasteiger partial charge in [-0.1, -0.05) is 22.6 Å². The first-order valence-electron chi connectivity index (χ1n) is 1.96. The van der Waals surface area contributed by atoms with Crippen LogP contribution in [0.4, 0.5) is 0 Å². The Morgan fingerprint density at radius 3 is 2.57 bits per heavy atom. The molecule has 7 heavy (non-hydrogen) atoms. The summed E-state index contributed by atoms with van der Waals surface area (Å²) in [6, 6.07) is 0. The lowest BCUT2D eigenvalue weighted by Crippen LogP contribution is -1.97. The summed E-state index contributed by atoms with van der Waals surface area (Å²) < 4.78 is 5.92. The summed E-state index contributed by atoms with van der Waals surface area (Å²) >= 11 is 6.87. The van der Waals surface area contributed by atoms with Crippen LogP contribution < -0.4 is 0 Å². The van der Waals surface area contributed by atoms with Gasteiger partial charge < -0.3 is 4.74 Å². The van der Waals surface area contributed by atoms with Crippen LogP contribution in [0, 0.1) is 0 Å². The van der Waals surface area contributed by atoms with Crippen LogP contribution in [0.3, 0.4) is 0 Å². The lowest BCUT2D eigenvalue weighted by Gasteiger charge is -1.96. The molecule has 0 spiro atoms. The Balaban J connectivity index is 2.82. The average molecular weight is 230 g/mol. The molecule has 0 unspecified atom stereocenters. The highest BCUT2D eigenvalue weighted by Crippen LogP contribution is 1.84. The Hall–Kier alpha value is 0.620. The van der Waals surface area contributed by atoms with Gasteiger partial charge in [-0.2, -0.15) is 0 Å². The fourth-order valence-electron chi connectivity index (χ4n) is 0.182. The van der Waals surface area contributed by atoms with Crippen molar-refractivity contribution in [3.8, 4) is 0 Å². The van der Waals surface area contributed by atoms with E-state index < -0.39 is 0 Å². The van der Waals surface area contributed by atoms with Crippen LogP contribution in [0.2, 0.25) is 0 Å². The molecule has 0 fully saturated rings. The second kappa shape index (κ2) is 4.77. The number of ether oxygens (including phenoxy) is 1. The molecule has 1 nitrogen and oxygen atoms in total. The molecular formula is C4H7IOS. The largest absolute Gasteiger partial charge is 0.487 e. The van der Waals surface area contributed by atoms with E-state index in [0.29, 0.717) is 5.05 Å². The van der Waals surface area contributed by atoms with E-state index in [1.54, 1.807) is 6.92 Å². The van der Waals surface area contributed by atoms with Crippen LogP contribution in [0.15, 0.2) is 0 Å². The SMILES string of the molecule is CC(=S)OCCI. The standard InChI is InChI=1S/C4H7IOS/c1-4(7)6-3-2-5/h2-3H2,1H3. The maximum Gasteiger partial charge on any atom is 0.156 e. The molecule has 0 aliphatic rings. The lowest BCUT2D eigenvalue weighted by atomic mass is 10.8. The molecule has 0 N–H and O–H groups in total. The molecule has 0 rings (SSSR count). The average Bonchev–Trinajstić information content (AvgIpc) is 1.61. The summed E-state index contributed by atoms with van der Waals surface area (Å²) in [4.78, 5) is 0. The topological polar surface area (TPSA) is 9.23 Å². The van der Waals surface area contributed by atoms with Gasteiger partial charge in [-0.3, -0.25) is 0 Å². The molecule has 0 aromatic carbocycles. The molecule has 0 heterocycles. The second-order valence-corrected chi connectivity index (χ2v) is 2.68. The first-order chi connectivity index (χ1) is 3.27. The normalized spacial score (nSPS) is 8.29. The van der Waals surface area contributed by atoms with Gasteiger partial charge in [0.2, 0.25) is 0 Å². The summed E-state index contributed by atoms with van der Waals surface area (Å²) in [5.74, 6) is 0. The fourth-order valence-corrected chi connectivity index (χ4v) is 0.486. The van der Waals surface area contributed by atoms with Gasteiger partial charge in [-0.05, 0) is 12.2 Å². The van der Waals surface area contributed by atoms with E-state index in [4.69, 9.17) is 4.74 Å². The van der Waals surface area contributed by atoms with Crippen LogP contribution in [0.1, 0.15) is 6.92 Å². The van der Waals surface area contributed by atoms with E-state index in [9.17, 15) is 0 Å². The van der Waals surface area contributed by atoms with E-state index in [0.717, 1.165) is 11.0 Å². The van der Waals surface area contributed by atoms with Crippen LogP contribution >= 0.6 is 34.8 Å². The molecule has 0 saturated heterocycles. The van der Waals surface area contributed by atoms with Crippen molar-refractivity contribution >= 4 is 39.9 Å². The van der Waals surface area contributed by atoms with E-state index in [1.165, 1.54) is 0 Å².